The highest BCUT2D eigenvalue weighted by atomic mass is 16.5. The van der Waals surface area contributed by atoms with Crippen LogP contribution in [-0.4, -0.2) is 49.1 Å². The van der Waals surface area contributed by atoms with E-state index in [1.807, 2.05) is 30.3 Å². The summed E-state index contributed by atoms with van der Waals surface area (Å²) in [6.07, 6.45) is 0.996. The normalized spacial score (nSPS) is 16.4. The third-order valence-electron chi connectivity index (χ3n) is 4.82. The first-order valence-electron chi connectivity index (χ1n) is 9.51. The van der Waals surface area contributed by atoms with E-state index >= 15 is 0 Å². The quantitative estimate of drug-likeness (QED) is 0.813. The maximum Gasteiger partial charge on any atom is 0.245 e. The van der Waals surface area contributed by atoms with Gasteiger partial charge in [0.2, 0.25) is 11.8 Å². The summed E-state index contributed by atoms with van der Waals surface area (Å²) in [5.74, 6) is 0.256. The molecule has 26 heavy (non-hydrogen) atoms. The highest BCUT2D eigenvalue weighted by Crippen LogP contribution is 2.26. The van der Waals surface area contributed by atoms with Crippen LogP contribution < -0.4 is 5.32 Å². The average Bonchev–Trinajstić information content (AvgIpc) is 2.61. The van der Waals surface area contributed by atoms with Crippen molar-refractivity contribution >= 4 is 11.8 Å². The zero-order chi connectivity index (χ0) is 19.2. The lowest BCUT2D eigenvalue weighted by molar-refractivity contribution is -0.140. The molecular weight excluding hydrogens is 328 g/mol. The Balaban J connectivity index is 2.02. The summed E-state index contributed by atoms with van der Waals surface area (Å²) in [6, 6.07) is 9.55. The summed E-state index contributed by atoms with van der Waals surface area (Å²) in [7, 11) is 0. The Morgan fingerprint density at radius 3 is 2.35 bits per heavy atom. The first-order valence-corrected chi connectivity index (χ1v) is 9.51. The van der Waals surface area contributed by atoms with Crippen LogP contribution in [0, 0.1) is 5.92 Å². The van der Waals surface area contributed by atoms with Crippen molar-refractivity contribution in [2.24, 2.45) is 5.92 Å². The lowest BCUT2D eigenvalue weighted by Gasteiger charge is -2.32. The molecule has 0 spiro atoms. The molecule has 1 fully saturated rings. The second-order valence-corrected chi connectivity index (χ2v) is 8.11. The molecule has 5 nitrogen and oxygen atoms in total. The van der Waals surface area contributed by atoms with Crippen molar-refractivity contribution in [2.45, 2.75) is 52.0 Å². The molecule has 1 aliphatic heterocycles. The summed E-state index contributed by atoms with van der Waals surface area (Å²) in [4.78, 5) is 27.4. The van der Waals surface area contributed by atoms with Gasteiger partial charge < -0.3 is 15.0 Å². The van der Waals surface area contributed by atoms with Crippen LogP contribution in [0.2, 0.25) is 0 Å². The van der Waals surface area contributed by atoms with Gasteiger partial charge in [-0.1, -0.05) is 58.0 Å². The molecule has 2 rings (SSSR count). The van der Waals surface area contributed by atoms with Crippen LogP contribution in [0.25, 0.3) is 0 Å². The molecule has 5 heteroatoms. The fourth-order valence-corrected chi connectivity index (χ4v) is 3.34. The molecule has 0 radical (unpaired) electrons. The molecule has 1 aliphatic rings. The second-order valence-electron chi connectivity index (χ2n) is 8.11. The van der Waals surface area contributed by atoms with E-state index in [2.05, 4.69) is 33.0 Å². The molecule has 1 N–H and O–H groups in total. The van der Waals surface area contributed by atoms with E-state index in [4.69, 9.17) is 4.74 Å². The Kier molecular flexibility index (Phi) is 7.21. The van der Waals surface area contributed by atoms with Crippen LogP contribution in [-0.2, 0) is 19.7 Å². The van der Waals surface area contributed by atoms with Crippen molar-refractivity contribution in [1.29, 1.82) is 0 Å². The number of rotatable bonds is 7. The molecule has 2 amide bonds. The van der Waals surface area contributed by atoms with Crippen molar-refractivity contribution in [3.63, 3.8) is 0 Å². The van der Waals surface area contributed by atoms with Crippen LogP contribution in [0.3, 0.4) is 0 Å². The SMILES string of the molecule is CC(C)C[C@H](NC(=O)CC(C)(C)c1ccccc1)C(=O)N1CCOCC1. The number of benzene rings is 1. The van der Waals surface area contributed by atoms with E-state index in [-0.39, 0.29) is 17.2 Å². The minimum Gasteiger partial charge on any atom is -0.378 e. The van der Waals surface area contributed by atoms with Crippen LogP contribution >= 0.6 is 0 Å². The summed E-state index contributed by atoms with van der Waals surface area (Å²) < 4.78 is 5.33. The first kappa shape index (κ1) is 20.4. The van der Waals surface area contributed by atoms with E-state index < -0.39 is 6.04 Å². The molecule has 0 saturated carbocycles. The smallest absolute Gasteiger partial charge is 0.245 e. The topological polar surface area (TPSA) is 58.6 Å². The third-order valence-corrected chi connectivity index (χ3v) is 4.82. The monoisotopic (exact) mass is 360 g/mol. The summed E-state index contributed by atoms with van der Waals surface area (Å²) in [6.45, 7) is 10.6. The van der Waals surface area contributed by atoms with E-state index in [0.717, 1.165) is 5.56 Å². The van der Waals surface area contributed by atoms with Crippen LogP contribution in [0.1, 0.15) is 46.1 Å². The summed E-state index contributed by atoms with van der Waals surface area (Å²) in [5.41, 5.74) is 0.838. The zero-order valence-corrected chi connectivity index (χ0v) is 16.5. The Labute approximate surface area is 157 Å². The van der Waals surface area contributed by atoms with Gasteiger partial charge in [-0.25, -0.2) is 0 Å². The third kappa shape index (κ3) is 5.84. The molecule has 1 saturated heterocycles. The van der Waals surface area contributed by atoms with Gasteiger partial charge in [0.25, 0.3) is 0 Å². The second kappa shape index (κ2) is 9.17. The number of carbonyl (C=O) groups is 2. The predicted octanol–water partition coefficient (Wildman–Crippen LogP) is 2.74. The highest BCUT2D eigenvalue weighted by Gasteiger charge is 2.30. The number of hydrogen-bond acceptors (Lipinski definition) is 3. The number of morpholine rings is 1. The van der Waals surface area contributed by atoms with Gasteiger partial charge in [-0.2, -0.15) is 0 Å². The molecular formula is C21H32N2O3. The van der Waals surface area contributed by atoms with Crippen molar-refractivity contribution in [3.05, 3.63) is 35.9 Å². The van der Waals surface area contributed by atoms with E-state index in [1.165, 1.54) is 0 Å². The fourth-order valence-electron chi connectivity index (χ4n) is 3.34. The van der Waals surface area contributed by atoms with E-state index in [1.54, 1.807) is 4.90 Å². The molecule has 144 valence electrons. The molecule has 1 atom stereocenters. The maximum absolute atomic E-state index is 12.9. The maximum atomic E-state index is 12.9. The van der Waals surface area contributed by atoms with Gasteiger partial charge in [0.1, 0.15) is 6.04 Å². The molecule has 0 aromatic heterocycles. The summed E-state index contributed by atoms with van der Waals surface area (Å²) >= 11 is 0. The Morgan fingerprint density at radius 2 is 1.77 bits per heavy atom. The Hall–Kier alpha value is -1.88. The van der Waals surface area contributed by atoms with E-state index in [0.29, 0.717) is 45.1 Å². The zero-order valence-electron chi connectivity index (χ0n) is 16.5. The van der Waals surface area contributed by atoms with Gasteiger partial charge >= 0.3 is 0 Å². The minimum absolute atomic E-state index is 0.00728. The van der Waals surface area contributed by atoms with Crippen LogP contribution in [0.15, 0.2) is 30.3 Å². The van der Waals surface area contributed by atoms with Gasteiger partial charge in [0.15, 0.2) is 0 Å². The van der Waals surface area contributed by atoms with Crippen LogP contribution in [0.5, 0.6) is 0 Å². The number of nitrogens with zero attached hydrogens (tertiary/aromatic N) is 1. The van der Waals surface area contributed by atoms with Crippen molar-refractivity contribution < 1.29 is 14.3 Å². The van der Waals surface area contributed by atoms with Gasteiger partial charge in [0.05, 0.1) is 13.2 Å². The molecule has 0 unspecified atom stereocenters. The van der Waals surface area contributed by atoms with Gasteiger partial charge in [-0.15, -0.1) is 0 Å². The molecule has 0 aliphatic carbocycles. The van der Waals surface area contributed by atoms with Crippen molar-refractivity contribution in [3.8, 4) is 0 Å². The summed E-state index contributed by atoms with van der Waals surface area (Å²) in [5, 5.41) is 3.00. The van der Waals surface area contributed by atoms with Crippen molar-refractivity contribution in [2.75, 3.05) is 26.3 Å². The van der Waals surface area contributed by atoms with Gasteiger partial charge in [-0.05, 0) is 23.3 Å². The predicted molar refractivity (Wildman–Crippen MR) is 103 cm³/mol. The largest absolute Gasteiger partial charge is 0.378 e. The van der Waals surface area contributed by atoms with E-state index in [9.17, 15) is 9.59 Å². The van der Waals surface area contributed by atoms with Crippen LogP contribution in [0.4, 0.5) is 0 Å². The molecule has 1 aromatic rings. The number of nitrogens with one attached hydrogen (secondary N) is 1. The lowest BCUT2D eigenvalue weighted by atomic mass is 9.81. The Bertz CT molecular complexity index is 593. The standard InChI is InChI=1S/C21H32N2O3/c1-16(2)14-18(20(25)23-10-12-26-13-11-23)22-19(24)15-21(3,4)17-8-6-5-7-9-17/h5-9,16,18H,10-15H2,1-4H3,(H,22,24)/t18-/m0/s1. The molecule has 1 aromatic carbocycles. The number of hydrogen-bond donors (Lipinski definition) is 1. The Morgan fingerprint density at radius 1 is 1.15 bits per heavy atom. The minimum atomic E-state index is -0.466. The average molecular weight is 360 g/mol. The lowest BCUT2D eigenvalue weighted by Crippen LogP contribution is -2.52. The number of carbonyl (C=O) groups excluding carboxylic acids is 2. The highest BCUT2D eigenvalue weighted by molar-refractivity contribution is 5.88. The van der Waals surface area contributed by atoms with Gasteiger partial charge in [0, 0.05) is 19.5 Å². The number of ether oxygens (including phenoxy) is 1. The number of amides is 2. The fraction of sp³-hybridized carbons (Fsp3) is 0.619. The van der Waals surface area contributed by atoms with Gasteiger partial charge in [-0.3, -0.25) is 9.59 Å². The first-order chi connectivity index (χ1) is 12.3. The molecule has 0 bridgehead atoms. The molecule has 1 heterocycles. The van der Waals surface area contributed by atoms with Crippen molar-refractivity contribution in [1.82, 2.24) is 10.2 Å².